The molecule has 2 rings (SSSR count). The Balaban J connectivity index is 2.21. The molecule has 1 aliphatic heterocycles. The zero-order valence-corrected chi connectivity index (χ0v) is 12.9. The Bertz CT molecular complexity index is 461. The van der Waals surface area contributed by atoms with Gasteiger partial charge >= 0.3 is 5.97 Å². The average molecular weight is 296 g/mol. The number of carboxylic acid groups (broad SMARTS) is 1. The lowest BCUT2D eigenvalue weighted by molar-refractivity contribution is -0.156. The number of nitrogens with one attached hydrogen (secondary N) is 1. The fourth-order valence-electron chi connectivity index (χ4n) is 3.51. The van der Waals surface area contributed by atoms with E-state index in [0.29, 0.717) is 25.9 Å². The maximum atomic E-state index is 12.8. The number of hydrogen-bond donors (Lipinski definition) is 2. The molecule has 2 amide bonds. The predicted octanol–water partition coefficient (Wildman–Crippen LogP) is 0.860. The summed E-state index contributed by atoms with van der Waals surface area (Å²) in [5.74, 6) is -2.11. The number of carboxylic acids is 1. The van der Waals surface area contributed by atoms with Crippen LogP contribution in [0, 0.1) is 17.8 Å². The third-order valence-corrected chi connectivity index (χ3v) is 4.99. The monoisotopic (exact) mass is 296 g/mol. The predicted molar refractivity (Wildman–Crippen MR) is 76.4 cm³/mol. The van der Waals surface area contributed by atoms with Gasteiger partial charge in [0.25, 0.3) is 0 Å². The molecule has 2 fully saturated rings. The van der Waals surface area contributed by atoms with Gasteiger partial charge in [-0.1, -0.05) is 13.3 Å². The largest absolute Gasteiger partial charge is 0.481 e. The van der Waals surface area contributed by atoms with Crippen LogP contribution in [0.3, 0.4) is 0 Å². The lowest BCUT2D eigenvalue weighted by Gasteiger charge is -2.42. The Morgan fingerprint density at radius 3 is 2.52 bits per heavy atom. The van der Waals surface area contributed by atoms with Crippen molar-refractivity contribution < 1.29 is 19.5 Å². The molecule has 0 aromatic heterocycles. The summed E-state index contributed by atoms with van der Waals surface area (Å²) in [5, 5.41) is 12.1. The van der Waals surface area contributed by atoms with Gasteiger partial charge in [0.1, 0.15) is 5.54 Å². The van der Waals surface area contributed by atoms with E-state index >= 15 is 0 Å². The molecule has 0 spiro atoms. The summed E-state index contributed by atoms with van der Waals surface area (Å²) in [7, 11) is 0. The van der Waals surface area contributed by atoms with Crippen molar-refractivity contribution in [2.75, 3.05) is 13.1 Å². The van der Waals surface area contributed by atoms with Crippen molar-refractivity contribution >= 4 is 17.8 Å². The number of piperazine rings is 1. The Hall–Kier alpha value is -1.59. The standard InChI is InChI=1S/C15H24N2O4/c1-4-9-7-10(11(8-9)13(19)20)12(18)17-6-5-16-14(21)15(17,2)3/h9-11H,4-8H2,1-3H3,(H,16,21)(H,19,20). The van der Waals surface area contributed by atoms with Gasteiger partial charge in [-0.3, -0.25) is 14.4 Å². The fourth-order valence-corrected chi connectivity index (χ4v) is 3.51. The third-order valence-electron chi connectivity index (χ3n) is 4.99. The molecule has 1 heterocycles. The normalized spacial score (nSPS) is 31.9. The molecule has 1 saturated carbocycles. The zero-order chi connectivity index (χ0) is 15.8. The van der Waals surface area contributed by atoms with E-state index < -0.39 is 23.3 Å². The van der Waals surface area contributed by atoms with Gasteiger partial charge in [-0.15, -0.1) is 0 Å². The third kappa shape index (κ3) is 2.76. The van der Waals surface area contributed by atoms with Crippen molar-refractivity contribution in [3.05, 3.63) is 0 Å². The van der Waals surface area contributed by atoms with Gasteiger partial charge in [0.15, 0.2) is 0 Å². The molecule has 0 radical (unpaired) electrons. The first kappa shape index (κ1) is 15.8. The van der Waals surface area contributed by atoms with Crippen LogP contribution >= 0.6 is 0 Å². The minimum absolute atomic E-state index is 0.181. The number of hydrogen-bond acceptors (Lipinski definition) is 3. The summed E-state index contributed by atoms with van der Waals surface area (Å²) >= 11 is 0. The van der Waals surface area contributed by atoms with Crippen LogP contribution in [0.2, 0.25) is 0 Å². The van der Waals surface area contributed by atoms with E-state index in [1.807, 2.05) is 6.92 Å². The van der Waals surface area contributed by atoms with Crippen LogP contribution in [0.25, 0.3) is 0 Å². The molecule has 6 nitrogen and oxygen atoms in total. The highest BCUT2D eigenvalue weighted by Gasteiger charge is 2.48. The molecule has 1 saturated heterocycles. The summed E-state index contributed by atoms with van der Waals surface area (Å²) in [5.41, 5.74) is -0.914. The van der Waals surface area contributed by atoms with Crippen LogP contribution in [0.5, 0.6) is 0 Å². The van der Waals surface area contributed by atoms with Crippen LogP contribution in [-0.4, -0.2) is 46.4 Å². The van der Waals surface area contributed by atoms with Crippen LogP contribution < -0.4 is 5.32 Å². The summed E-state index contributed by atoms with van der Waals surface area (Å²) in [6.07, 6.45) is 2.06. The molecule has 2 aliphatic rings. The summed E-state index contributed by atoms with van der Waals surface area (Å²) in [6, 6.07) is 0. The lowest BCUT2D eigenvalue weighted by atomic mass is 9.90. The molecular weight excluding hydrogens is 272 g/mol. The van der Waals surface area contributed by atoms with Crippen molar-refractivity contribution in [2.24, 2.45) is 17.8 Å². The van der Waals surface area contributed by atoms with Gasteiger partial charge in [-0.2, -0.15) is 0 Å². The Kier molecular flexibility index (Phi) is 4.25. The van der Waals surface area contributed by atoms with Crippen molar-refractivity contribution in [3.63, 3.8) is 0 Å². The number of aliphatic carboxylic acids is 1. The van der Waals surface area contributed by atoms with Gasteiger partial charge in [-0.05, 0) is 32.6 Å². The molecular formula is C15H24N2O4. The van der Waals surface area contributed by atoms with Gasteiger partial charge < -0.3 is 15.3 Å². The quantitative estimate of drug-likeness (QED) is 0.808. The molecule has 2 N–H and O–H groups in total. The molecule has 21 heavy (non-hydrogen) atoms. The highest BCUT2D eigenvalue weighted by molar-refractivity contribution is 5.94. The van der Waals surface area contributed by atoms with Gasteiger partial charge in [0.2, 0.25) is 11.8 Å². The first-order chi connectivity index (χ1) is 9.78. The van der Waals surface area contributed by atoms with Gasteiger partial charge in [-0.25, -0.2) is 0 Å². The van der Waals surface area contributed by atoms with Crippen LogP contribution in [0.15, 0.2) is 0 Å². The molecule has 3 unspecified atom stereocenters. The van der Waals surface area contributed by atoms with E-state index in [1.165, 1.54) is 0 Å². The molecule has 118 valence electrons. The van der Waals surface area contributed by atoms with Crippen molar-refractivity contribution in [2.45, 2.75) is 45.6 Å². The van der Waals surface area contributed by atoms with Crippen LogP contribution in [0.1, 0.15) is 40.0 Å². The highest BCUT2D eigenvalue weighted by Crippen LogP contribution is 2.40. The summed E-state index contributed by atoms with van der Waals surface area (Å²) in [6.45, 7) is 6.31. The van der Waals surface area contributed by atoms with E-state index in [9.17, 15) is 19.5 Å². The van der Waals surface area contributed by atoms with Crippen molar-refractivity contribution in [3.8, 4) is 0 Å². The fraction of sp³-hybridized carbons (Fsp3) is 0.800. The van der Waals surface area contributed by atoms with E-state index in [4.69, 9.17) is 0 Å². The van der Waals surface area contributed by atoms with E-state index in [-0.39, 0.29) is 17.7 Å². The Morgan fingerprint density at radius 1 is 1.33 bits per heavy atom. The number of carbonyl (C=O) groups excluding carboxylic acids is 2. The van der Waals surface area contributed by atoms with Crippen molar-refractivity contribution in [1.29, 1.82) is 0 Å². The number of carbonyl (C=O) groups is 3. The Morgan fingerprint density at radius 2 is 1.95 bits per heavy atom. The van der Waals surface area contributed by atoms with Crippen LogP contribution in [0.4, 0.5) is 0 Å². The summed E-state index contributed by atoms with van der Waals surface area (Å²) < 4.78 is 0. The van der Waals surface area contributed by atoms with E-state index in [0.717, 1.165) is 6.42 Å². The first-order valence-corrected chi connectivity index (χ1v) is 7.61. The van der Waals surface area contributed by atoms with Crippen molar-refractivity contribution in [1.82, 2.24) is 10.2 Å². The maximum absolute atomic E-state index is 12.8. The number of amides is 2. The SMILES string of the molecule is CCC1CC(C(=O)O)C(C(=O)N2CCNC(=O)C2(C)C)C1. The second-order valence-corrected chi connectivity index (χ2v) is 6.60. The zero-order valence-electron chi connectivity index (χ0n) is 12.9. The van der Waals surface area contributed by atoms with E-state index in [1.54, 1.807) is 18.7 Å². The first-order valence-electron chi connectivity index (χ1n) is 7.61. The minimum atomic E-state index is -0.914. The van der Waals surface area contributed by atoms with E-state index in [2.05, 4.69) is 5.32 Å². The molecule has 0 aromatic rings. The highest BCUT2D eigenvalue weighted by atomic mass is 16.4. The number of rotatable bonds is 3. The smallest absolute Gasteiger partial charge is 0.307 e. The molecule has 0 aromatic carbocycles. The van der Waals surface area contributed by atoms with Gasteiger partial charge in [0, 0.05) is 13.1 Å². The maximum Gasteiger partial charge on any atom is 0.307 e. The average Bonchev–Trinajstić information content (AvgIpc) is 2.85. The lowest BCUT2D eigenvalue weighted by Crippen LogP contribution is -2.64. The van der Waals surface area contributed by atoms with Gasteiger partial charge in [0.05, 0.1) is 11.8 Å². The Labute approximate surface area is 124 Å². The second kappa shape index (κ2) is 5.66. The minimum Gasteiger partial charge on any atom is -0.481 e. The molecule has 1 aliphatic carbocycles. The topological polar surface area (TPSA) is 86.7 Å². The van der Waals surface area contributed by atoms with Crippen LogP contribution in [-0.2, 0) is 14.4 Å². The number of nitrogens with zero attached hydrogens (tertiary/aromatic N) is 1. The molecule has 0 bridgehead atoms. The summed E-state index contributed by atoms with van der Waals surface area (Å²) in [4.78, 5) is 37.8. The molecule has 3 atom stereocenters. The molecule has 6 heteroatoms. The second-order valence-electron chi connectivity index (χ2n) is 6.60.